The quantitative estimate of drug-likeness (QED) is 0.633. The van der Waals surface area contributed by atoms with Crippen molar-refractivity contribution >= 4 is 33.5 Å². The highest BCUT2D eigenvalue weighted by Gasteiger charge is 2.49. The topological polar surface area (TPSA) is 80.9 Å². The Balaban J connectivity index is 2.40. The van der Waals surface area contributed by atoms with Gasteiger partial charge < -0.3 is 20.1 Å². The molecular formula is C18H20B2O4Si. The van der Waals surface area contributed by atoms with Gasteiger partial charge >= 0.3 is 14.2 Å². The molecule has 0 aliphatic carbocycles. The van der Waals surface area contributed by atoms with Gasteiger partial charge in [0.05, 0.1) is 8.07 Å². The van der Waals surface area contributed by atoms with Crippen LogP contribution in [-0.4, -0.2) is 42.4 Å². The van der Waals surface area contributed by atoms with Gasteiger partial charge in [-0.05, 0) is 32.5 Å². The van der Waals surface area contributed by atoms with Gasteiger partial charge in [-0.15, -0.1) is 0 Å². The Morgan fingerprint density at radius 2 is 0.920 bits per heavy atom. The molecule has 1 aliphatic heterocycles. The van der Waals surface area contributed by atoms with Crippen molar-refractivity contribution in [1.29, 1.82) is 0 Å². The van der Waals surface area contributed by atoms with E-state index >= 15 is 0 Å². The van der Waals surface area contributed by atoms with Gasteiger partial charge in [0.1, 0.15) is 0 Å². The third-order valence-corrected chi connectivity index (χ3v) is 8.49. The van der Waals surface area contributed by atoms with E-state index in [2.05, 4.69) is 0 Å². The van der Waals surface area contributed by atoms with Crippen molar-refractivity contribution in [3.63, 3.8) is 0 Å². The third-order valence-electron chi connectivity index (χ3n) is 4.78. The van der Waals surface area contributed by atoms with Crippen molar-refractivity contribution in [3.05, 3.63) is 82.0 Å². The van der Waals surface area contributed by atoms with Gasteiger partial charge in [0.2, 0.25) is 0 Å². The Hall–Kier alpha value is -1.89. The van der Waals surface area contributed by atoms with Gasteiger partial charge in [0.15, 0.2) is 0 Å². The molecule has 0 bridgehead atoms. The van der Waals surface area contributed by atoms with E-state index in [1.165, 1.54) is 0 Å². The van der Waals surface area contributed by atoms with E-state index < -0.39 is 22.3 Å². The highest BCUT2D eigenvalue weighted by Crippen LogP contribution is 2.48. The van der Waals surface area contributed by atoms with Crippen molar-refractivity contribution < 1.29 is 20.1 Å². The Morgan fingerprint density at radius 3 is 1.20 bits per heavy atom. The molecule has 0 spiro atoms. The van der Waals surface area contributed by atoms with Crippen LogP contribution >= 0.6 is 0 Å². The fourth-order valence-corrected chi connectivity index (χ4v) is 7.12. The van der Waals surface area contributed by atoms with Crippen LogP contribution in [0.3, 0.4) is 0 Å². The number of allylic oxidation sites excluding steroid dienone is 2. The van der Waals surface area contributed by atoms with Crippen molar-refractivity contribution in [2.45, 2.75) is 13.1 Å². The lowest BCUT2D eigenvalue weighted by Crippen LogP contribution is -2.43. The second-order valence-electron chi connectivity index (χ2n) is 6.68. The van der Waals surface area contributed by atoms with Gasteiger partial charge in [-0.3, -0.25) is 0 Å². The lowest BCUT2D eigenvalue weighted by atomic mass is 9.77. The Labute approximate surface area is 149 Å². The minimum Gasteiger partial charge on any atom is -0.424 e. The lowest BCUT2D eigenvalue weighted by molar-refractivity contribution is 0.422. The highest BCUT2D eigenvalue weighted by atomic mass is 28.3. The molecule has 4 nitrogen and oxygen atoms in total. The van der Waals surface area contributed by atoms with E-state index in [9.17, 15) is 20.1 Å². The summed E-state index contributed by atoms with van der Waals surface area (Å²) in [5.41, 5.74) is 3.06. The molecule has 4 N–H and O–H groups in total. The monoisotopic (exact) mass is 350 g/mol. The van der Waals surface area contributed by atoms with Crippen molar-refractivity contribution in [3.8, 4) is 0 Å². The summed E-state index contributed by atoms with van der Waals surface area (Å²) in [6.45, 7) is 3.82. The molecule has 0 radical (unpaired) electrons. The number of hydrogen-bond acceptors (Lipinski definition) is 4. The summed E-state index contributed by atoms with van der Waals surface area (Å²) in [6.07, 6.45) is 0. The van der Waals surface area contributed by atoms with Gasteiger partial charge in [-0.25, -0.2) is 0 Å². The third kappa shape index (κ3) is 3.05. The van der Waals surface area contributed by atoms with E-state index in [-0.39, 0.29) is 0 Å². The minimum absolute atomic E-state index is 0.501. The molecule has 2 aromatic rings. The van der Waals surface area contributed by atoms with Crippen molar-refractivity contribution in [2.24, 2.45) is 0 Å². The molecule has 2 aromatic carbocycles. The zero-order valence-electron chi connectivity index (χ0n) is 14.2. The van der Waals surface area contributed by atoms with Crippen LogP contribution < -0.4 is 0 Å². The Kier molecular flexibility index (Phi) is 4.86. The van der Waals surface area contributed by atoms with Crippen LogP contribution in [0.15, 0.2) is 70.9 Å². The van der Waals surface area contributed by atoms with E-state index in [0.29, 0.717) is 21.3 Å². The molecule has 1 heterocycles. The summed E-state index contributed by atoms with van der Waals surface area (Å²) < 4.78 is 0. The van der Waals surface area contributed by atoms with Crippen LogP contribution in [0, 0.1) is 0 Å². The van der Waals surface area contributed by atoms with E-state index in [1.54, 1.807) is 0 Å². The summed E-state index contributed by atoms with van der Waals surface area (Å²) in [5, 5.41) is 41.5. The van der Waals surface area contributed by atoms with Gasteiger partial charge in [0, 0.05) is 0 Å². The fraction of sp³-hybridized carbons (Fsp3) is 0.111. The molecule has 0 saturated heterocycles. The molecule has 0 atom stereocenters. The molecule has 0 unspecified atom stereocenters. The average molecular weight is 350 g/mol. The van der Waals surface area contributed by atoms with Crippen LogP contribution in [0.5, 0.6) is 0 Å². The number of hydrogen-bond donors (Lipinski definition) is 4. The predicted octanol–water partition coefficient (Wildman–Crippen LogP) is 1.72. The molecule has 0 aromatic heterocycles. The molecule has 0 fully saturated rings. The molecule has 1 aliphatic rings. The molecule has 0 amide bonds. The maximum Gasteiger partial charge on any atom is 0.480 e. The maximum absolute atomic E-state index is 10.1. The first-order chi connectivity index (χ1) is 11.9. The first-order valence-corrected chi connectivity index (χ1v) is 11.2. The largest absolute Gasteiger partial charge is 0.480 e. The second kappa shape index (κ2) is 6.78. The molecule has 0 saturated carbocycles. The fourth-order valence-electron chi connectivity index (χ4n) is 3.75. The SMILES string of the molecule is C[Si]1(C)C(B(O)O)=C(c2ccccc2)C(c2ccccc2)=C1B(O)O. The summed E-state index contributed by atoms with van der Waals surface area (Å²) in [5.74, 6) is 0. The molecule has 7 heteroatoms. The summed E-state index contributed by atoms with van der Waals surface area (Å²) >= 11 is 0. The summed E-state index contributed by atoms with van der Waals surface area (Å²) in [7, 11) is -5.95. The zero-order chi connectivity index (χ0) is 18.2. The van der Waals surface area contributed by atoms with E-state index in [0.717, 1.165) is 11.1 Å². The average Bonchev–Trinajstić information content (AvgIpc) is 2.84. The van der Waals surface area contributed by atoms with Crippen molar-refractivity contribution in [2.75, 3.05) is 0 Å². The van der Waals surface area contributed by atoms with Crippen LogP contribution in [0.4, 0.5) is 0 Å². The Morgan fingerprint density at radius 1 is 0.600 bits per heavy atom. The van der Waals surface area contributed by atoms with Crippen LogP contribution in [0.1, 0.15) is 11.1 Å². The molecular weight excluding hydrogens is 330 g/mol. The zero-order valence-corrected chi connectivity index (χ0v) is 15.2. The standard InChI is InChI=1S/C18H20B2O4Si/c1-25(2)17(19(21)22)15(13-9-5-3-6-10-13)16(18(25)20(23)24)14-11-7-4-8-12-14/h3-12,21-24H,1-2H3. The van der Waals surface area contributed by atoms with Gasteiger partial charge in [-0.1, -0.05) is 73.8 Å². The normalized spacial score (nSPS) is 16.4. The molecule has 25 heavy (non-hydrogen) atoms. The lowest BCUT2D eigenvalue weighted by Gasteiger charge is -2.25. The smallest absolute Gasteiger partial charge is 0.424 e. The first kappa shape index (κ1) is 17.9. The second-order valence-corrected chi connectivity index (χ2v) is 11.0. The summed E-state index contributed by atoms with van der Waals surface area (Å²) in [6, 6.07) is 18.9. The summed E-state index contributed by atoms with van der Waals surface area (Å²) in [4.78, 5) is 0. The highest BCUT2D eigenvalue weighted by molar-refractivity contribution is 7.10. The van der Waals surface area contributed by atoms with E-state index in [1.807, 2.05) is 73.8 Å². The number of rotatable bonds is 4. The van der Waals surface area contributed by atoms with Gasteiger partial charge in [-0.2, -0.15) is 0 Å². The number of benzene rings is 2. The molecule has 126 valence electrons. The Bertz CT molecular complexity index is 761. The maximum atomic E-state index is 10.1. The molecule has 3 rings (SSSR count). The van der Waals surface area contributed by atoms with Crippen molar-refractivity contribution in [1.82, 2.24) is 0 Å². The van der Waals surface area contributed by atoms with Gasteiger partial charge in [0.25, 0.3) is 0 Å². The van der Waals surface area contributed by atoms with Crippen LogP contribution in [-0.2, 0) is 0 Å². The van der Waals surface area contributed by atoms with Crippen LogP contribution in [0.25, 0.3) is 11.1 Å². The van der Waals surface area contributed by atoms with Crippen LogP contribution in [0.2, 0.25) is 13.1 Å². The van der Waals surface area contributed by atoms with E-state index in [4.69, 9.17) is 0 Å². The first-order valence-electron chi connectivity index (χ1n) is 8.18. The minimum atomic E-state index is -2.66. The predicted molar refractivity (Wildman–Crippen MR) is 105 cm³/mol.